The SMILES string of the molecule is COc1ccc(-c2nc(=S)n(CN(C)CC3CC3)[nH]2)cc1. The van der Waals surface area contributed by atoms with E-state index in [2.05, 4.69) is 22.0 Å². The van der Waals surface area contributed by atoms with Crippen LogP contribution in [0.5, 0.6) is 5.75 Å². The largest absolute Gasteiger partial charge is 0.497 e. The number of nitrogens with zero attached hydrogens (tertiary/aromatic N) is 3. The summed E-state index contributed by atoms with van der Waals surface area (Å²) in [5, 5.41) is 3.28. The molecule has 0 radical (unpaired) electrons. The highest BCUT2D eigenvalue weighted by Gasteiger charge is 2.22. The summed E-state index contributed by atoms with van der Waals surface area (Å²) in [6.45, 7) is 1.87. The molecule has 1 aliphatic carbocycles. The van der Waals surface area contributed by atoms with Crippen LogP contribution in [-0.2, 0) is 6.67 Å². The van der Waals surface area contributed by atoms with Crippen LogP contribution in [0.1, 0.15) is 12.8 Å². The highest BCUT2D eigenvalue weighted by atomic mass is 32.1. The van der Waals surface area contributed by atoms with Crippen molar-refractivity contribution in [2.75, 3.05) is 20.7 Å². The molecule has 1 aromatic heterocycles. The van der Waals surface area contributed by atoms with Gasteiger partial charge in [0.05, 0.1) is 13.8 Å². The van der Waals surface area contributed by atoms with Crippen LogP contribution in [0.15, 0.2) is 24.3 Å². The minimum atomic E-state index is 0.587. The van der Waals surface area contributed by atoms with Gasteiger partial charge in [-0.3, -0.25) is 10.00 Å². The molecule has 0 aliphatic heterocycles. The molecule has 1 aliphatic rings. The number of H-pyrrole nitrogens is 1. The Morgan fingerprint density at radius 3 is 2.71 bits per heavy atom. The third kappa shape index (κ3) is 3.51. The third-order valence-electron chi connectivity index (χ3n) is 3.69. The summed E-state index contributed by atoms with van der Waals surface area (Å²) in [4.78, 5) is 6.72. The van der Waals surface area contributed by atoms with E-state index in [1.807, 2.05) is 28.9 Å². The second-order valence-electron chi connectivity index (χ2n) is 5.63. The van der Waals surface area contributed by atoms with Gasteiger partial charge in [0.1, 0.15) is 5.75 Å². The lowest BCUT2D eigenvalue weighted by molar-refractivity contribution is 0.243. The molecule has 1 fully saturated rings. The van der Waals surface area contributed by atoms with E-state index in [-0.39, 0.29) is 0 Å². The first kappa shape index (κ1) is 14.3. The predicted molar refractivity (Wildman–Crippen MR) is 84.8 cm³/mol. The van der Waals surface area contributed by atoms with E-state index in [1.165, 1.54) is 12.8 Å². The number of hydrogen-bond donors (Lipinski definition) is 1. The van der Waals surface area contributed by atoms with Crippen molar-refractivity contribution in [2.45, 2.75) is 19.5 Å². The van der Waals surface area contributed by atoms with Crippen LogP contribution in [0.2, 0.25) is 0 Å². The summed E-state index contributed by atoms with van der Waals surface area (Å²) >= 11 is 5.34. The molecule has 0 spiro atoms. The van der Waals surface area contributed by atoms with E-state index in [4.69, 9.17) is 17.0 Å². The van der Waals surface area contributed by atoms with Crippen molar-refractivity contribution >= 4 is 12.2 Å². The summed E-state index contributed by atoms with van der Waals surface area (Å²) in [6.07, 6.45) is 2.71. The van der Waals surface area contributed by atoms with E-state index in [9.17, 15) is 0 Å². The van der Waals surface area contributed by atoms with Crippen LogP contribution in [-0.4, -0.2) is 40.4 Å². The zero-order chi connectivity index (χ0) is 14.8. The summed E-state index contributed by atoms with van der Waals surface area (Å²) in [6, 6.07) is 7.80. The Bertz CT molecular complexity index is 657. The van der Waals surface area contributed by atoms with E-state index >= 15 is 0 Å². The molecule has 1 aromatic carbocycles. The molecule has 1 saturated carbocycles. The number of methoxy groups -OCH3 is 1. The number of hydrogen-bond acceptors (Lipinski definition) is 4. The number of rotatable bonds is 6. The quantitative estimate of drug-likeness (QED) is 0.834. The summed E-state index contributed by atoms with van der Waals surface area (Å²) in [5.74, 6) is 2.50. The van der Waals surface area contributed by atoms with Crippen molar-refractivity contribution in [2.24, 2.45) is 5.92 Å². The Hall–Kier alpha value is -1.66. The number of nitrogens with one attached hydrogen (secondary N) is 1. The fraction of sp³-hybridized carbons (Fsp3) is 0.467. The summed E-state index contributed by atoms with van der Waals surface area (Å²) < 4.78 is 7.67. The van der Waals surface area contributed by atoms with Crippen molar-refractivity contribution in [3.63, 3.8) is 0 Å². The molecule has 0 bridgehead atoms. The summed E-state index contributed by atoms with van der Waals surface area (Å²) in [7, 11) is 3.78. The average Bonchev–Trinajstić information content (AvgIpc) is 3.22. The number of ether oxygens (including phenoxy) is 1. The van der Waals surface area contributed by atoms with Crippen LogP contribution in [0.4, 0.5) is 0 Å². The van der Waals surface area contributed by atoms with Gasteiger partial charge in [-0.15, -0.1) is 0 Å². The third-order valence-corrected chi connectivity index (χ3v) is 4.00. The van der Waals surface area contributed by atoms with E-state index < -0.39 is 0 Å². The van der Waals surface area contributed by atoms with Gasteiger partial charge in [-0.1, -0.05) is 0 Å². The van der Waals surface area contributed by atoms with Crippen molar-refractivity contribution in [1.29, 1.82) is 0 Å². The average molecular weight is 304 g/mol. The Morgan fingerprint density at radius 2 is 2.10 bits per heavy atom. The van der Waals surface area contributed by atoms with Gasteiger partial charge in [-0.2, -0.15) is 4.98 Å². The molecule has 0 saturated heterocycles. The maximum absolute atomic E-state index is 5.34. The Labute approximate surface area is 129 Å². The van der Waals surface area contributed by atoms with Gasteiger partial charge in [0, 0.05) is 12.1 Å². The monoisotopic (exact) mass is 304 g/mol. The van der Waals surface area contributed by atoms with Gasteiger partial charge in [-0.25, -0.2) is 4.68 Å². The number of aromatic nitrogens is 3. The van der Waals surface area contributed by atoms with Crippen LogP contribution in [0, 0.1) is 10.7 Å². The van der Waals surface area contributed by atoms with Crippen molar-refractivity contribution in [3.05, 3.63) is 29.0 Å². The molecular weight excluding hydrogens is 284 g/mol. The van der Waals surface area contributed by atoms with Gasteiger partial charge in [0.25, 0.3) is 0 Å². The highest BCUT2D eigenvalue weighted by molar-refractivity contribution is 7.71. The van der Waals surface area contributed by atoms with Crippen LogP contribution < -0.4 is 4.74 Å². The minimum Gasteiger partial charge on any atom is -0.497 e. The second kappa shape index (κ2) is 5.99. The summed E-state index contributed by atoms with van der Waals surface area (Å²) in [5.41, 5.74) is 1.01. The normalized spacial score (nSPS) is 14.6. The molecular formula is C15H20N4OS. The van der Waals surface area contributed by atoms with Gasteiger partial charge >= 0.3 is 0 Å². The standard InChI is InChI=1S/C15H20N4OS/c1-18(9-11-3-4-11)10-19-15(21)16-14(17-19)12-5-7-13(20-2)8-6-12/h5-8,11H,3-4,9-10H2,1-2H3,(H,16,17,21). The zero-order valence-electron chi connectivity index (χ0n) is 12.4. The van der Waals surface area contributed by atoms with Gasteiger partial charge in [0.15, 0.2) is 5.82 Å². The fourth-order valence-corrected chi connectivity index (χ4v) is 2.57. The minimum absolute atomic E-state index is 0.587. The topological polar surface area (TPSA) is 46.1 Å². The molecule has 112 valence electrons. The molecule has 1 N–H and O–H groups in total. The maximum Gasteiger partial charge on any atom is 0.217 e. The Morgan fingerprint density at radius 1 is 1.38 bits per heavy atom. The van der Waals surface area contributed by atoms with Crippen LogP contribution in [0.3, 0.4) is 0 Å². The molecule has 3 rings (SSSR count). The molecule has 21 heavy (non-hydrogen) atoms. The molecule has 6 heteroatoms. The van der Waals surface area contributed by atoms with Gasteiger partial charge in [-0.05, 0) is 62.3 Å². The lowest BCUT2D eigenvalue weighted by Crippen LogP contribution is -2.25. The van der Waals surface area contributed by atoms with Gasteiger partial charge < -0.3 is 4.74 Å². The molecule has 0 amide bonds. The van der Waals surface area contributed by atoms with Crippen LogP contribution >= 0.6 is 12.2 Å². The first-order valence-electron chi connectivity index (χ1n) is 7.15. The van der Waals surface area contributed by atoms with E-state index in [0.717, 1.165) is 36.3 Å². The molecule has 2 aromatic rings. The first-order chi connectivity index (χ1) is 10.2. The van der Waals surface area contributed by atoms with Crippen molar-refractivity contribution < 1.29 is 4.74 Å². The Balaban J connectivity index is 1.74. The maximum atomic E-state index is 5.34. The first-order valence-corrected chi connectivity index (χ1v) is 7.56. The van der Waals surface area contributed by atoms with Crippen molar-refractivity contribution in [1.82, 2.24) is 19.7 Å². The number of aromatic amines is 1. The zero-order valence-corrected chi connectivity index (χ0v) is 13.2. The fourth-order valence-electron chi connectivity index (χ4n) is 2.37. The van der Waals surface area contributed by atoms with Crippen LogP contribution in [0.25, 0.3) is 11.4 Å². The van der Waals surface area contributed by atoms with Gasteiger partial charge in [0.2, 0.25) is 4.77 Å². The number of benzene rings is 1. The van der Waals surface area contributed by atoms with Crippen molar-refractivity contribution in [3.8, 4) is 17.1 Å². The molecule has 0 atom stereocenters. The lowest BCUT2D eigenvalue weighted by atomic mass is 10.2. The van der Waals surface area contributed by atoms with E-state index in [0.29, 0.717) is 4.77 Å². The predicted octanol–water partition coefficient (Wildman–Crippen LogP) is 2.92. The smallest absolute Gasteiger partial charge is 0.217 e. The van der Waals surface area contributed by atoms with E-state index in [1.54, 1.807) is 7.11 Å². The lowest BCUT2D eigenvalue weighted by Gasteiger charge is -2.16. The molecule has 5 nitrogen and oxygen atoms in total. The highest BCUT2D eigenvalue weighted by Crippen LogP contribution is 2.29. The molecule has 0 unspecified atom stereocenters. The Kier molecular flexibility index (Phi) is 4.07. The second-order valence-corrected chi connectivity index (χ2v) is 6.00. The molecule has 1 heterocycles.